The van der Waals surface area contributed by atoms with E-state index in [4.69, 9.17) is 4.84 Å². The molecular formula is C27H24FN3O3. The quantitative estimate of drug-likeness (QED) is 0.417. The Balaban J connectivity index is 1.20. The van der Waals surface area contributed by atoms with E-state index in [-0.39, 0.29) is 11.7 Å². The van der Waals surface area contributed by atoms with E-state index in [1.807, 2.05) is 30.3 Å². The number of anilines is 1. The second-order valence-corrected chi connectivity index (χ2v) is 8.45. The maximum absolute atomic E-state index is 13.6. The number of pyridine rings is 1. The van der Waals surface area contributed by atoms with E-state index >= 15 is 0 Å². The van der Waals surface area contributed by atoms with Crippen molar-refractivity contribution in [2.45, 2.75) is 18.4 Å². The lowest BCUT2D eigenvalue weighted by Crippen LogP contribution is -2.45. The molecule has 1 amide bonds. The molecule has 5 rings (SSSR count). The van der Waals surface area contributed by atoms with Crippen LogP contribution in [0.1, 0.15) is 28.8 Å². The first-order valence-corrected chi connectivity index (χ1v) is 11.2. The zero-order valence-corrected chi connectivity index (χ0v) is 18.4. The first kappa shape index (κ1) is 21.9. The lowest BCUT2D eigenvalue weighted by Gasteiger charge is -2.38. The minimum absolute atomic E-state index is 0.105. The van der Waals surface area contributed by atoms with Crippen LogP contribution in [0.2, 0.25) is 0 Å². The van der Waals surface area contributed by atoms with Gasteiger partial charge in [-0.3, -0.25) is 9.78 Å². The molecule has 1 aliphatic heterocycles. The highest BCUT2D eigenvalue weighted by Gasteiger charge is 2.35. The number of para-hydroxylation sites is 1. The van der Waals surface area contributed by atoms with Crippen molar-refractivity contribution in [3.63, 3.8) is 0 Å². The van der Waals surface area contributed by atoms with E-state index in [9.17, 15) is 14.3 Å². The van der Waals surface area contributed by atoms with Gasteiger partial charge in [0.05, 0.1) is 11.3 Å². The monoisotopic (exact) mass is 457 g/mol. The second-order valence-electron chi connectivity index (χ2n) is 8.45. The van der Waals surface area contributed by atoms with E-state index in [0.29, 0.717) is 48.5 Å². The van der Waals surface area contributed by atoms with Crippen LogP contribution in [0.15, 0.2) is 85.1 Å². The van der Waals surface area contributed by atoms with Gasteiger partial charge in [0, 0.05) is 30.2 Å². The van der Waals surface area contributed by atoms with E-state index in [2.05, 4.69) is 10.5 Å². The van der Waals surface area contributed by atoms with Gasteiger partial charge < -0.3 is 14.8 Å². The van der Waals surface area contributed by atoms with Gasteiger partial charge in [-0.1, -0.05) is 30.3 Å². The molecule has 4 aromatic rings. The summed E-state index contributed by atoms with van der Waals surface area (Å²) in [6, 6.07) is 22.6. The van der Waals surface area contributed by atoms with Crippen molar-refractivity contribution in [3.8, 4) is 5.75 Å². The molecule has 1 saturated heterocycles. The fourth-order valence-corrected chi connectivity index (χ4v) is 4.28. The van der Waals surface area contributed by atoms with Crippen molar-refractivity contribution in [2.75, 3.05) is 18.6 Å². The summed E-state index contributed by atoms with van der Waals surface area (Å²) >= 11 is 0. The molecule has 0 unspecified atom stereocenters. The molecule has 3 aromatic carbocycles. The summed E-state index contributed by atoms with van der Waals surface area (Å²) in [6.45, 7) is 0.784. The van der Waals surface area contributed by atoms with Gasteiger partial charge in [0.25, 0.3) is 5.91 Å². The van der Waals surface area contributed by atoms with Gasteiger partial charge >= 0.3 is 0 Å². The lowest BCUT2D eigenvalue weighted by molar-refractivity contribution is -0.0213. The third-order valence-corrected chi connectivity index (χ3v) is 6.25. The Morgan fingerprint density at radius 1 is 1.00 bits per heavy atom. The fourth-order valence-electron chi connectivity index (χ4n) is 4.28. The number of fused-ring (bicyclic) bond motifs is 1. The number of amides is 1. The normalized spacial score (nSPS) is 15.2. The largest absolute Gasteiger partial charge is 0.385 e. The highest BCUT2D eigenvalue weighted by molar-refractivity contribution is 5.94. The number of halogens is 1. The van der Waals surface area contributed by atoms with Crippen molar-refractivity contribution in [2.24, 2.45) is 0 Å². The molecule has 0 aliphatic carbocycles. The number of aromatic nitrogens is 1. The van der Waals surface area contributed by atoms with Crippen LogP contribution in [-0.4, -0.2) is 34.0 Å². The van der Waals surface area contributed by atoms with Crippen LogP contribution in [-0.2, 0) is 5.60 Å². The van der Waals surface area contributed by atoms with E-state index in [1.165, 1.54) is 12.1 Å². The third-order valence-electron chi connectivity index (χ3n) is 6.25. The number of hydrogen-bond acceptors (Lipinski definition) is 5. The molecule has 1 fully saturated rings. The number of carbonyl (C=O) groups is 1. The number of rotatable bonds is 5. The fraction of sp³-hybridized carbons (Fsp3) is 0.185. The van der Waals surface area contributed by atoms with E-state index < -0.39 is 5.60 Å². The molecule has 0 radical (unpaired) electrons. The van der Waals surface area contributed by atoms with Crippen molar-refractivity contribution >= 4 is 22.5 Å². The highest BCUT2D eigenvalue weighted by atomic mass is 19.1. The van der Waals surface area contributed by atoms with Crippen molar-refractivity contribution in [3.05, 3.63) is 102 Å². The number of aliphatic hydroxyl groups is 1. The maximum Gasteiger partial charge on any atom is 0.253 e. The van der Waals surface area contributed by atoms with Gasteiger partial charge in [-0.15, -0.1) is 0 Å². The standard InChI is InChI=1S/C27H24FN3O3/c28-22-7-2-6-21(18-22)27(33)13-16-31(17-14-27)26(32)20-9-11-23(12-10-20)30-34-24-8-1-4-19-5-3-15-29-25(19)24/h1-12,15,18,30,33H,13-14,16-17H2. The molecule has 7 heteroatoms. The van der Waals surface area contributed by atoms with Crippen molar-refractivity contribution in [1.82, 2.24) is 9.88 Å². The Hall–Kier alpha value is -3.97. The number of piperidine rings is 1. The van der Waals surface area contributed by atoms with Crippen LogP contribution in [0.25, 0.3) is 10.9 Å². The summed E-state index contributed by atoms with van der Waals surface area (Å²) in [5, 5.41) is 11.9. The van der Waals surface area contributed by atoms with E-state index in [1.54, 1.807) is 47.5 Å². The minimum Gasteiger partial charge on any atom is -0.385 e. The smallest absolute Gasteiger partial charge is 0.253 e. The zero-order chi connectivity index (χ0) is 23.5. The van der Waals surface area contributed by atoms with Crippen molar-refractivity contribution in [1.29, 1.82) is 0 Å². The van der Waals surface area contributed by atoms with Gasteiger partial charge in [-0.05, 0) is 66.9 Å². The van der Waals surface area contributed by atoms with Gasteiger partial charge in [0.2, 0.25) is 0 Å². The first-order valence-electron chi connectivity index (χ1n) is 11.2. The zero-order valence-electron chi connectivity index (χ0n) is 18.4. The number of likely N-dealkylation sites (tertiary alicyclic amines) is 1. The number of carbonyl (C=O) groups excluding carboxylic acids is 1. The number of hydrogen-bond donors (Lipinski definition) is 2. The molecule has 34 heavy (non-hydrogen) atoms. The second kappa shape index (κ2) is 9.11. The summed E-state index contributed by atoms with van der Waals surface area (Å²) in [7, 11) is 0. The molecule has 2 heterocycles. The van der Waals surface area contributed by atoms with Crippen LogP contribution in [0.5, 0.6) is 5.75 Å². The summed E-state index contributed by atoms with van der Waals surface area (Å²) < 4.78 is 13.6. The van der Waals surface area contributed by atoms with Gasteiger partial charge in [0.15, 0.2) is 5.75 Å². The molecule has 1 aromatic heterocycles. The molecule has 172 valence electrons. The van der Waals surface area contributed by atoms with Gasteiger partial charge in [-0.2, -0.15) is 0 Å². The Morgan fingerprint density at radius 2 is 1.74 bits per heavy atom. The Kier molecular flexibility index (Phi) is 5.86. The molecule has 6 nitrogen and oxygen atoms in total. The molecule has 0 spiro atoms. The predicted molar refractivity (Wildman–Crippen MR) is 128 cm³/mol. The first-order chi connectivity index (χ1) is 16.5. The predicted octanol–water partition coefficient (Wildman–Crippen LogP) is 4.90. The van der Waals surface area contributed by atoms with Crippen LogP contribution in [0.4, 0.5) is 10.1 Å². The van der Waals surface area contributed by atoms with Crippen LogP contribution in [0.3, 0.4) is 0 Å². The summed E-state index contributed by atoms with van der Waals surface area (Å²) in [5.74, 6) is 0.128. The molecule has 1 aliphatic rings. The summed E-state index contributed by atoms with van der Waals surface area (Å²) in [5.41, 5.74) is 4.34. The molecule has 0 bridgehead atoms. The van der Waals surface area contributed by atoms with Crippen molar-refractivity contribution < 1.29 is 19.1 Å². The topological polar surface area (TPSA) is 74.7 Å². The Morgan fingerprint density at radius 3 is 2.50 bits per heavy atom. The number of benzene rings is 3. The van der Waals surface area contributed by atoms with Crippen LogP contribution >= 0.6 is 0 Å². The number of nitrogens with one attached hydrogen (secondary N) is 1. The summed E-state index contributed by atoms with van der Waals surface area (Å²) in [4.78, 5) is 24.8. The Bertz CT molecular complexity index is 1310. The Labute approximate surface area is 196 Å². The SMILES string of the molecule is O=C(c1ccc(NOc2cccc3cccnc23)cc1)N1CCC(O)(c2cccc(F)c2)CC1. The van der Waals surface area contributed by atoms with Crippen LogP contribution in [0, 0.1) is 5.82 Å². The highest BCUT2D eigenvalue weighted by Crippen LogP contribution is 2.33. The van der Waals surface area contributed by atoms with Gasteiger partial charge in [0.1, 0.15) is 11.3 Å². The molecule has 2 N–H and O–H groups in total. The minimum atomic E-state index is -1.12. The van der Waals surface area contributed by atoms with E-state index in [0.717, 1.165) is 10.9 Å². The van der Waals surface area contributed by atoms with Crippen LogP contribution < -0.4 is 10.3 Å². The number of nitrogens with zero attached hydrogens (tertiary/aromatic N) is 2. The maximum atomic E-state index is 13.6. The molecular weight excluding hydrogens is 433 g/mol. The molecule has 0 atom stereocenters. The average molecular weight is 458 g/mol. The lowest BCUT2D eigenvalue weighted by atomic mass is 9.84. The molecule has 0 saturated carbocycles. The summed E-state index contributed by atoms with van der Waals surface area (Å²) in [6.07, 6.45) is 2.43. The third kappa shape index (κ3) is 4.43. The van der Waals surface area contributed by atoms with Gasteiger partial charge in [-0.25, -0.2) is 9.87 Å². The average Bonchev–Trinajstić information content (AvgIpc) is 2.88.